The Bertz CT molecular complexity index is 766. The molecule has 0 aromatic heterocycles. The zero-order chi connectivity index (χ0) is 18.6. The molecule has 1 atom stereocenters. The average Bonchev–Trinajstić information content (AvgIpc) is 2.68. The number of ether oxygens (including phenoxy) is 2. The number of hydrogen-bond donors (Lipinski definition) is 1. The normalized spacial score (nSPS) is 17.8. The van der Waals surface area contributed by atoms with E-state index in [0.29, 0.717) is 11.3 Å². The van der Waals surface area contributed by atoms with Crippen LogP contribution in [-0.2, 0) is 16.1 Å². The van der Waals surface area contributed by atoms with E-state index in [0.717, 1.165) is 18.4 Å². The van der Waals surface area contributed by atoms with Crippen molar-refractivity contribution in [2.45, 2.75) is 39.5 Å². The molecule has 5 heteroatoms. The fraction of sp³-hybridized carbons (Fsp3) is 0.333. The first-order valence-corrected chi connectivity index (χ1v) is 8.88. The molecule has 2 aromatic carbocycles. The molecule has 1 fully saturated rings. The summed E-state index contributed by atoms with van der Waals surface area (Å²) in [5, 5.41) is 2.81. The Hall–Kier alpha value is -2.82. The van der Waals surface area contributed by atoms with Crippen molar-refractivity contribution in [2.24, 2.45) is 5.41 Å². The SMILES string of the molecule is CCC1(CC)C(=O)NC1Oc1ccc(C(=O)OCc2ccccc2)cc1. The molecule has 136 valence electrons. The number of amides is 1. The van der Waals surface area contributed by atoms with E-state index < -0.39 is 5.41 Å². The Morgan fingerprint density at radius 2 is 1.69 bits per heavy atom. The molecule has 5 nitrogen and oxygen atoms in total. The van der Waals surface area contributed by atoms with Crippen LogP contribution in [0.5, 0.6) is 5.75 Å². The molecule has 0 bridgehead atoms. The van der Waals surface area contributed by atoms with Gasteiger partial charge in [0.15, 0.2) is 6.23 Å². The monoisotopic (exact) mass is 353 g/mol. The Balaban J connectivity index is 1.58. The van der Waals surface area contributed by atoms with Crippen LogP contribution in [0.25, 0.3) is 0 Å². The summed E-state index contributed by atoms with van der Waals surface area (Å²) < 4.78 is 11.2. The van der Waals surface area contributed by atoms with Crippen molar-refractivity contribution in [3.05, 3.63) is 65.7 Å². The van der Waals surface area contributed by atoms with E-state index in [4.69, 9.17) is 9.47 Å². The van der Waals surface area contributed by atoms with Gasteiger partial charge in [0.1, 0.15) is 17.8 Å². The first kappa shape index (κ1) is 18.0. The van der Waals surface area contributed by atoms with E-state index in [1.807, 2.05) is 44.2 Å². The number of benzene rings is 2. The third-order valence-corrected chi connectivity index (χ3v) is 5.03. The summed E-state index contributed by atoms with van der Waals surface area (Å²) in [6.07, 6.45) is 1.12. The topological polar surface area (TPSA) is 64.6 Å². The van der Waals surface area contributed by atoms with Crippen molar-refractivity contribution >= 4 is 11.9 Å². The molecule has 1 aliphatic rings. The molecule has 1 N–H and O–H groups in total. The lowest BCUT2D eigenvalue weighted by molar-refractivity contribution is -0.161. The van der Waals surface area contributed by atoms with E-state index in [9.17, 15) is 9.59 Å². The minimum absolute atomic E-state index is 0.0357. The van der Waals surface area contributed by atoms with Crippen molar-refractivity contribution in [1.29, 1.82) is 0 Å². The van der Waals surface area contributed by atoms with Gasteiger partial charge in [-0.3, -0.25) is 4.79 Å². The Morgan fingerprint density at radius 1 is 1.04 bits per heavy atom. The van der Waals surface area contributed by atoms with Crippen molar-refractivity contribution in [3.63, 3.8) is 0 Å². The molecule has 1 saturated heterocycles. The van der Waals surface area contributed by atoms with Crippen molar-refractivity contribution < 1.29 is 19.1 Å². The van der Waals surface area contributed by atoms with Gasteiger partial charge >= 0.3 is 5.97 Å². The minimum atomic E-state index is -0.465. The molecule has 1 amide bonds. The van der Waals surface area contributed by atoms with Crippen LogP contribution in [0.3, 0.4) is 0 Å². The summed E-state index contributed by atoms with van der Waals surface area (Å²) in [4.78, 5) is 24.0. The predicted octanol–water partition coefficient (Wildman–Crippen LogP) is 3.68. The van der Waals surface area contributed by atoms with E-state index in [1.165, 1.54) is 0 Å². The van der Waals surface area contributed by atoms with Gasteiger partial charge in [0, 0.05) is 0 Å². The molecule has 1 unspecified atom stereocenters. The number of carbonyl (C=O) groups excluding carboxylic acids is 2. The highest BCUT2D eigenvalue weighted by molar-refractivity contribution is 5.90. The third kappa shape index (κ3) is 3.43. The summed E-state index contributed by atoms with van der Waals surface area (Å²) in [5.74, 6) is 0.267. The lowest BCUT2D eigenvalue weighted by atomic mass is 9.73. The number of rotatable bonds is 7. The molecule has 0 aliphatic carbocycles. The second-order valence-corrected chi connectivity index (χ2v) is 6.42. The van der Waals surface area contributed by atoms with Crippen molar-refractivity contribution in [1.82, 2.24) is 5.32 Å². The number of β-lactam (4-membered cyclic amide) rings is 1. The number of hydrogen-bond acceptors (Lipinski definition) is 4. The number of esters is 1. The van der Waals surface area contributed by atoms with Crippen LogP contribution in [-0.4, -0.2) is 18.1 Å². The Labute approximate surface area is 153 Å². The minimum Gasteiger partial charge on any atom is -0.470 e. The summed E-state index contributed by atoms with van der Waals surface area (Å²) in [7, 11) is 0. The predicted molar refractivity (Wildman–Crippen MR) is 97.6 cm³/mol. The molecule has 0 saturated carbocycles. The maximum absolute atomic E-state index is 12.1. The van der Waals surface area contributed by atoms with Crippen LogP contribution in [0.15, 0.2) is 54.6 Å². The van der Waals surface area contributed by atoms with Crippen LogP contribution < -0.4 is 10.1 Å². The van der Waals surface area contributed by atoms with Gasteiger partial charge in [0.25, 0.3) is 0 Å². The molecule has 0 radical (unpaired) electrons. The van der Waals surface area contributed by atoms with Gasteiger partial charge in [-0.05, 0) is 42.7 Å². The van der Waals surface area contributed by atoms with Gasteiger partial charge in [0.05, 0.1) is 5.56 Å². The van der Waals surface area contributed by atoms with Gasteiger partial charge in [0.2, 0.25) is 5.91 Å². The Morgan fingerprint density at radius 3 is 2.27 bits per heavy atom. The van der Waals surface area contributed by atoms with E-state index in [2.05, 4.69) is 5.32 Å². The third-order valence-electron chi connectivity index (χ3n) is 5.03. The first-order valence-electron chi connectivity index (χ1n) is 8.88. The molecule has 3 rings (SSSR count). The molecular formula is C21H23NO4. The summed E-state index contributed by atoms with van der Waals surface area (Å²) >= 11 is 0. The summed E-state index contributed by atoms with van der Waals surface area (Å²) in [6.45, 7) is 4.22. The van der Waals surface area contributed by atoms with Gasteiger partial charge in [-0.1, -0.05) is 44.2 Å². The maximum Gasteiger partial charge on any atom is 0.338 e. The molecule has 2 aromatic rings. The highest BCUT2D eigenvalue weighted by Crippen LogP contribution is 2.39. The zero-order valence-electron chi connectivity index (χ0n) is 15.0. The fourth-order valence-corrected chi connectivity index (χ4v) is 3.14. The standard InChI is InChI=1S/C21H23NO4/c1-3-21(4-2)19(24)22-20(21)26-17-12-10-16(11-13-17)18(23)25-14-15-8-6-5-7-9-15/h5-13,20H,3-4,14H2,1-2H3,(H,22,24). The van der Waals surface area contributed by atoms with Crippen LogP contribution in [0.2, 0.25) is 0 Å². The highest BCUT2D eigenvalue weighted by atomic mass is 16.5. The van der Waals surface area contributed by atoms with E-state index in [1.54, 1.807) is 24.3 Å². The van der Waals surface area contributed by atoms with Crippen molar-refractivity contribution in [2.75, 3.05) is 0 Å². The first-order chi connectivity index (χ1) is 12.6. The summed E-state index contributed by atoms with van der Waals surface area (Å²) in [6, 6.07) is 16.3. The quantitative estimate of drug-likeness (QED) is 0.609. The number of carbonyl (C=O) groups is 2. The van der Waals surface area contributed by atoms with Gasteiger partial charge in [-0.25, -0.2) is 4.79 Å². The lowest BCUT2D eigenvalue weighted by Crippen LogP contribution is -2.69. The van der Waals surface area contributed by atoms with Crippen LogP contribution >= 0.6 is 0 Å². The molecule has 1 heterocycles. The maximum atomic E-state index is 12.1. The van der Waals surface area contributed by atoms with Gasteiger partial charge in [-0.2, -0.15) is 0 Å². The molecule has 1 aliphatic heterocycles. The Kier molecular flexibility index (Phi) is 5.26. The summed E-state index contributed by atoms with van der Waals surface area (Å²) in [5.41, 5.74) is 0.938. The van der Waals surface area contributed by atoms with Gasteiger partial charge < -0.3 is 14.8 Å². The van der Waals surface area contributed by atoms with E-state index >= 15 is 0 Å². The van der Waals surface area contributed by atoms with Crippen LogP contribution in [0, 0.1) is 5.41 Å². The van der Waals surface area contributed by atoms with Gasteiger partial charge in [-0.15, -0.1) is 0 Å². The van der Waals surface area contributed by atoms with E-state index in [-0.39, 0.29) is 24.7 Å². The second-order valence-electron chi connectivity index (χ2n) is 6.42. The second kappa shape index (κ2) is 7.60. The zero-order valence-corrected chi connectivity index (χ0v) is 15.0. The molecule has 0 spiro atoms. The lowest BCUT2D eigenvalue weighted by Gasteiger charge is -2.47. The van der Waals surface area contributed by atoms with Crippen molar-refractivity contribution in [3.8, 4) is 5.75 Å². The fourth-order valence-electron chi connectivity index (χ4n) is 3.14. The number of nitrogens with one attached hydrogen (secondary N) is 1. The molecule has 26 heavy (non-hydrogen) atoms. The molecular weight excluding hydrogens is 330 g/mol. The van der Waals surface area contributed by atoms with Crippen LogP contribution in [0.4, 0.5) is 0 Å². The highest BCUT2D eigenvalue weighted by Gasteiger charge is 2.54. The smallest absolute Gasteiger partial charge is 0.338 e. The van der Waals surface area contributed by atoms with Crippen LogP contribution in [0.1, 0.15) is 42.6 Å². The average molecular weight is 353 g/mol. The largest absolute Gasteiger partial charge is 0.470 e.